The molecule has 2 aromatic rings. The molecule has 2 rings (SSSR count). The molecule has 0 aliphatic heterocycles. The van der Waals surface area contributed by atoms with Crippen LogP contribution in [0.3, 0.4) is 0 Å². The summed E-state index contributed by atoms with van der Waals surface area (Å²) in [5.74, 6) is 0. The first-order valence-electron chi connectivity index (χ1n) is 7.38. The summed E-state index contributed by atoms with van der Waals surface area (Å²) in [6.45, 7) is 11.6. The van der Waals surface area contributed by atoms with E-state index in [-0.39, 0.29) is 0 Å². The van der Waals surface area contributed by atoms with Crippen LogP contribution >= 0.6 is 0 Å². The standard InChI is InChI=1S/C17H25N3/c1-5-18-7-6-16-10-20(12-19-16)11-17-14(3)8-13(2)9-15(17)4/h8-10,12,18H,5-7,11H2,1-4H3. The van der Waals surface area contributed by atoms with Gasteiger partial charge in [-0.2, -0.15) is 0 Å². The van der Waals surface area contributed by atoms with Crippen molar-refractivity contribution in [1.29, 1.82) is 0 Å². The third-order valence-electron chi connectivity index (χ3n) is 3.68. The summed E-state index contributed by atoms with van der Waals surface area (Å²) in [7, 11) is 0. The summed E-state index contributed by atoms with van der Waals surface area (Å²) in [5.41, 5.74) is 6.64. The number of hydrogen-bond donors (Lipinski definition) is 1. The molecule has 108 valence electrons. The van der Waals surface area contributed by atoms with Gasteiger partial charge in [-0.25, -0.2) is 4.98 Å². The highest BCUT2D eigenvalue weighted by atomic mass is 15.0. The van der Waals surface area contributed by atoms with Crippen molar-refractivity contribution in [2.24, 2.45) is 0 Å². The molecule has 20 heavy (non-hydrogen) atoms. The van der Waals surface area contributed by atoms with Crippen molar-refractivity contribution in [3.05, 3.63) is 52.6 Å². The lowest BCUT2D eigenvalue weighted by atomic mass is 10.00. The second-order valence-electron chi connectivity index (χ2n) is 5.52. The van der Waals surface area contributed by atoms with Gasteiger partial charge in [0.05, 0.1) is 12.0 Å². The van der Waals surface area contributed by atoms with Crippen LogP contribution in [0.25, 0.3) is 0 Å². The Hall–Kier alpha value is -1.61. The highest BCUT2D eigenvalue weighted by Gasteiger charge is 2.06. The maximum Gasteiger partial charge on any atom is 0.0952 e. The van der Waals surface area contributed by atoms with Crippen molar-refractivity contribution in [2.45, 2.75) is 40.7 Å². The fraction of sp³-hybridized carbons (Fsp3) is 0.471. The summed E-state index contributed by atoms with van der Waals surface area (Å²) < 4.78 is 2.19. The fourth-order valence-electron chi connectivity index (χ4n) is 2.66. The monoisotopic (exact) mass is 271 g/mol. The number of likely N-dealkylation sites (N-methyl/N-ethyl adjacent to an activating group) is 1. The maximum absolute atomic E-state index is 4.48. The number of nitrogens with zero attached hydrogens (tertiary/aromatic N) is 2. The van der Waals surface area contributed by atoms with E-state index in [9.17, 15) is 0 Å². The van der Waals surface area contributed by atoms with Gasteiger partial charge in [0, 0.05) is 25.7 Å². The lowest BCUT2D eigenvalue weighted by Gasteiger charge is -2.11. The van der Waals surface area contributed by atoms with Crippen LogP contribution < -0.4 is 5.32 Å². The SMILES string of the molecule is CCNCCc1cn(Cc2c(C)cc(C)cc2C)cn1. The normalized spacial score (nSPS) is 11.0. The molecule has 0 bridgehead atoms. The number of aromatic nitrogens is 2. The quantitative estimate of drug-likeness (QED) is 0.819. The van der Waals surface area contributed by atoms with E-state index in [4.69, 9.17) is 0 Å². The van der Waals surface area contributed by atoms with Gasteiger partial charge in [0.2, 0.25) is 0 Å². The van der Waals surface area contributed by atoms with Crippen LogP contribution in [0.4, 0.5) is 0 Å². The van der Waals surface area contributed by atoms with E-state index >= 15 is 0 Å². The van der Waals surface area contributed by atoms with Crippen LogP contribution in [-0.2, 0) is 13.0 Å². The van der Waals surface area contributed by atoms with Crippen LogP contribution in [0.5, 0.6) is 0 Å². The van der Waals surface area contributed by atoms with Crippen LogP contribution in [0.15, 0.2) is 24.7 Å². The van der Waals surface area contributed by atoms with E-state index in [1.165, 1.54) is 22.3 Å². The van der Waals surface area contributed by atoms with Gasteiger partial charge in [0.25, 0.3) is 0 Å². The smallest absolute Gasteiger partial charge is 0.0952 e. The van der Waals surface area contributed by atoms with E-state index < -0.39 is 0 Å². The topological polar surface area (TPSA) is 29.9 Å². The molecule has 0 spiro atoms. The van der Waals surface area contributed by atoms with Gasteiger partial charge in [-0.15, -0.1) is 0 Å². The van der Waals surface area contributed by atoms with Crippen LogP contribution in [-0.4, -0.2) is 22.6 Å². The van der Waals surface area contributed by atoms with Gasteiger partial charge in [-0.3, -0.25) is 0 Å². The van der Waals surface area contributed by atoms with Gasteiger partial charge in [0.1, 0.15) is 0 Å². The maximum atomic E-state index is 4.48. The number of aryl methyl sites for hydroxylation is 3. The Morgan fingerprint density at radius 3 is 2.50 bits per heavy atom. The molecule has 1 aromatic carbocycles. The number of rotatable bonds is 6. The van der Waals surface area contributed by atoms with Crippen LogP contribution in [0.1, 0.15) is 34.9 Å². The van der Waals surface area contributed by atoms with E-state index in [0.29, 0.717) is 0 Å². The Morgan fingerprint density at radius 2 is 1.85 bits per heavy atom. The molecule has 0 aliphatic carbocycles. The van der Waals surface area contributed by atoms with Crippen molar-refractivity contribution in [3.63, 3.8) is 0 Å². The van der Waals surface area contributed by atoms with Gasteiger partial charge >= 0.3 is 0 Å². The van der Waals surface area contributed by atoms with E-state index in [0.717, 1.165) is 31.7 Å². The number of hydrogen-bond acceptors (Lipinski definition) is 2. The summed E-state index contributed by atoms with van der Waals surface area (Å²) in [4.78, 5) is 4.48. The number of nitrogens with one attached hydrogen (secondary N) is 1. The number of imidazole rings is 1. The minimum absolute atomic E-state index is 0.909. The molecule has 0 radical (unpaired) electrons. The lowest BCUT2D eigenvalue weighted by molar-refractivity contribution is 0.708. The van der Waals surface area contributed by atoms with Gasteiger partial charge in [0.15, 0.2) is 0 Å². The van der Waals surface area contributed by atoms with Crippen LogP contribution in [0.2, 0.25) is 0 Å². The average Bonchev–Trinajstić information content (AvgIpc) is 2.82. The zero-order valence-corrected chi connectivity index (χ0v) is 13.0. The molecule has 1 N–H and O–H groups in total. The predicted octanol–water partition coefficient (Wildman–Crippen LogP) is 3.01. The van der Waals surface area contributed by atoms with Gasteiger partial charge in [-0.05, 0) is 44.0 Å². The summed E-state index contributed by atoms with van der Waals surface area (Å²) in [5, 5.41) is 3.33. The molecular weight excluding hydrogens is 246 g/mol. The van der Waals surface area contributed by atoms with Crippen molar-refractivity contribution in [3.8, 4) is 0 Å². The van der Waals surface area contributed by atoms with E-state index in [2.05, 4.69) is 60.9 Å². The van der Waals surface area contributed by atoms with E-state index in [1.54, 1.807) is 0 Å². The first kappa shape index (κ1) is 14.8. The third kappa shape index (κ3) is 3.70. The van der Waals surface area contributed by atoms with Crippen LogP contribution in [0, 0.1) is 20.8 Å². The summed E-state index contributed by atoms with van der Waals surface area (Å²) in [6.07, 6.45) is 5.10. The molecular formula is C17H25N3. The van der Waals surface area contributed by atoms with Crippen molar-refractivity contribution in [1.82, 2.24) is 14.9 Å². The Bertz CT molecular complexity index is 546. The Labute approximate surface area is 122 Å². The molecule has 0 amide bonds. The van der Waals surface area contributed by atoms with Crippen molar-refractivity contribution in [2.75, 3.05) is 13.1 Å². The first-order chi connectivity index (χ1) is 9.60. The largest absolute Gasteiger partial charge is 0.333 e. The lowest BCUT2D eigenvalue weighted by Crippen LogP contribution is -2.16. The summed E-state index contributed by atoms with van der Waals surface area (Å²) >= 11 is 0. The molecule has 0 saturated carbocycles. The molecule has 1 aromatic heterocycles. The molecule has 0 atom stereocenters. The minimum Gasteiger partial charge on any atom is -0.333 e. The van der Waals surface area contributed by atoms with Crippen molar-refractivity contribution < 1.29 is 0 Å². The highest BCUT2D eigenvalue weighted by molar-refractivity contribution is 5.37. The Kier molecular flexibility index (Phi) is 4.96. The van der Waals surface area contributed by atoms with E-state index in [1.807, 2.05) is 6.33 Å². The third-order valence-corrected chi connectivity index (χ3v) is 3.68. The van der Waals surface area contributed by atoms with Gasteiger partial charge < -0.3 is 9.88 Å². The highest BCUT2D eigenvalue weighted by Crippen LogP contribution is 2.17. The molecule has 3 nitrogen and oxygen atoms in total. The average molecular weight is 271 g/mol. The number of benzene rings is 1. The Balaban J connectivity index is 2.07. The molecule has 0 fully saturated rings. The minimum atomic E-state index is 0.909. The van der Waals surface area contributed by atoms with Crippen molar-refractivity contribution >= 4 is 0 Å². The zero-order chi connectivity index (χ0) is 14.5. The predicted molar refractivity (Wildman–Crippen MR) is 84.2 cm³/mol. The molecule has 1 heterocycles. The fourth-order valence-corrected chi connectivity index (χ4v) is 2.66. The first-order valence-corrected chi connectivity index (χ1v) is 7.38. The summed E-state index contributed by atoms with van der Waals surface area (Å²) in [6, 6.07) is 4.51. The Morgan fingerprint density at radius 1 is 1.15 bits per heavy atom. The second kappa shape index (κ2) is 6.71. The molecule has 3 heteroatoms. The molecule has 0 saturated heterocycles. The van der Waals surface area contributed by atoms with Gasteiger partial charge in [-0.1, -0.05) is 24.6 Å². The molecule has 0 unspecified atom stereocenters. The molecule has 0 aliphatic rings. The second-order valence-corrected chi connectivity index (χ2v) is 5.52. The zero-order valence-electron chi connectivity index (χ0n) is 13.0.